The van der Waals surface area contributed by atoms with Crippen molar-refractivity contribution in [2.75, 3.05) is 30.2 Å². The van der Waals surface area contributed by atoms with E-state index < -0.39 is 34.3 Å². The van der Waals surface area contributed by atoms with Crippen molar-refractivity contribution < 1.29 is 22.4 Å². The van der Waals surface area contributed by atoms with Crippen LogP contribution in [0.4, 0.5) is 10.1 Å². The average Bonchev–Trinajstić information content (AvgIpc) is 2.78. The van der Waals surface area contributed by atoms with Crippen molar-refractivity contribution in [1.29, 1.82) is 0 Å². The van der Waals surface area contributed by atoms with Gasteiger partial charge in [0.15, 0.2) is 0 Å². The Morgan fingerprint density at radius 1 is 1.06 bits per heavy atom. The molecule has 2 amide bonds. The zero-order chi connectivity index (χ0) is 24.4. The Morgan fingerprint density at radius 2 is 1.70 bits per heavy atom. The Hall–Kier alpha value is -2.94. The van der Waals surface area contributed by atoms with Crippen molar-refractivity contribution in [1.82, 2.24) is 10.2 Å². The number of nitrogens with one attached hydrogen (secondary N) is 1. The molecular formula is C24H32FN3O4S. The summed E-state index contributed by atoms with van der Waals surface area (Å²) in [4.78, 5) is 27.4. The monoisotopic (exact) mass is 477 g/mol. The maximum atomic E-state index is 13.3. The second-order valence-electron chi connectivity index (χ2n) is 7.89. The molecule has 0 bridgehead atoms. The second kappa shape index (κ2) is 12.3. The number of halogens is 1. The minimum atomic E-state index is -3.83. The van der Waals surface area contributed by atoms with Gasteiger partial charge in [0.25, 0.3) is 0 Å². The van der Waals surface area contributed by atoms with Crippen LogP contribution in [0.5, 0.6) is 0 Å². The van der Waals surface area contributed by atoms with Gasteiger partial charge >= 0.3 is 0 Å². The third-order valence-corrected chi connectivity index (χ3v) is 6.42. The molecule has 0 radical (unpaired) electrons. The highest BCUT2D eigenvalue weighted by molar-refractivity contribution is 7.92. The zero-order valence-corrected chi connectivity index (χ0v) is 20.1. The van der Waals surface area contributed by atoms with Gasteiger partial charge in [-0.1, -0.05) is 43.7 Å². The minimum absolute atomic E-state index is 0.176. The average molecular weight is 478 g/mol. The molecule has 0 saturated carbocycles. The molecule has 0 aliphatic carbocycles. The van der Waals surface area contributed by atoms with E-state index in [-0.39, 0.29) is 18.1 Å². The summed E-state index contributed by atoms with van der Waals surface area (Å²) in [5.41, 5.74) is 1.17. The van der Waals surface area contributed by atoms with Crippen molar-refractivity contribution in [2.24, 2.45) is 0 Å². The molecular weight excluding hydrogens is 445 g/mol. The molecule has 0 fully saturated rings. The molecule has 0 aliphatic rings. The smallest absolute Gasteiger partial charge is 0.244 e. The molecule has 0 heterocycles. The summed E-state index contributed by atoms with van der Waals surface area (Å²) in [6, 6.07) is 13.6. The number of hydrogen-bond acceptors (Lipinski definition) is 4. The number of carbonyl (C=O) groups is 2. The number of anilines is 1. The first-order valence-electron chi connectivity index (χ1n) is 11.0. The van der Waals surface area contributed by atoms with Gasteiger partial charge in [-0.15, -0.1) is 0 Å². The number of benzene rings is 2. The van der Waals surface area contributed by atoms with Crippen molar-refractivity contribution in [3.63, 3.8) is 0 Å². The Bertz CT molecular complexity index is 1010. The van der Waals surface area contributed by atoms with E-state index >= 15 is 0 Å². The van der Waals surface area contributed by atoms with E-state index in [2.05, 4.69) is 5.32 Å². The minimum Gasteiger partial charge on any atom is -0.354 e. The van der Waals surface area contributed by atoms with Crippen LogP contribution in [0.2, 0.25) is 0 Å². The molecule has 7 nitrogen and oxygen atoms in total. The normalized spacial score (nSPS) is 12.1. The summed E-state index contributed by atoms with van der Waals surface area (Å²) < 4.78 is 39.1. The van der Waals surface area contributed by atoms with Gasteiger partial charge in [-0.3, -0.25) is 13.9 Å². The third kappa shape index (κ3) is 8.16. The van der Waals surface area contributed by atoms with Crippen LogP contribution in [-0.2, 0) is 26.0 Å². The van der Waals surface area contributed by atoms with Crippen LogP contribution in [0.25, 0.3) is 0 Å². The highest BCUT2D eigenvalue weighted by Gasteiger charge is 2.29. The van der Waals surface area contributed by atoms with Crippen molar-refractivity contribution in [3.8, 4) is 0 Å². The van der Waals surface area contributed by atoms with E-state index in [1.165, 1.54) is 17.0 Å². The maximum absolute atomic E-state index is 13.3. The first-order chi connectivity index (χ1) is 15.6. The third-order valence-electron chi connectivity index (χ3n) is 5.27. The summed E-state index contributed by atoms with van der Waals surface area (Å²) in [5, 5.41) is 2.83. The molecule has 1 atom stereocenters. The van der Waals surface area contributed by atoms with Gasteiger partial charge in [0.1, 0.15) is 18.4 Å². The van der Waals surface area contributed by atoms with Crippen LogP contribution in [-0.4, -0.2) is 57.1 Å². The predicted octanol–water partition coefficient (Wildman–Crippen LogP) is 2.97. The first kappa shape index (κ1) is 26.3. The van der Waals surface area contributed by atoms with E-state index in [4.69, 9.17) is 0 Å². The van der Waals surface area contributed by atoms with Crippen LogP contribution in [0, 0.1) is 5.82 Å². The SMILES string of the molecule is CCCCNC(=O)C(C)N(CCc1ccccc1)C(=O)CN(c1ccc(F)cc1)S(C)(=O)=O. The zero-order valence-electron chi connectivity index (χ0n) is 19.3. The van der Waals surface area contributed by atoms with Gasteiger partial charge < -0.3 is 10.2 Å². The van der Waals surface area contributed by atoms with Gasteiger partial charge in [0.05, 0.1) is 11.9 Å². The van der Waals surface area contributed by atoms with Gasteiger partial charge in [0.2, 0.25) is 21.8 Å². The van der Waals surface area contributed by atoms with E-state index in [1.807, 2.05) is 37.3 Å². The largest absolute Gasteiger partial charge is 0.354 e. The topological polar surface area (TPSA) is 86.8 Å². The number of hydrogen-bond donors (Lipinski definition) is 1. The Morgan fingerprint density at radius 3 is 2.27 bits per heavy atom. The van der Waals surface area contributed by atoms with Crippen LogP contribution >= 0.6 is 0 Å². The van der Waals surface area contributed by atoms with Crippen molar-refractivity contribution in [3.05, 3.63) is 66.0 Å². The van der Waals surface area contributed by atoms with Crippen LogP contribution in [0.15, 0.2) is 54.6 Å². The van der Waals surface area contributed by atoms with Crippen molar-refractivity contribution in [2.45, 2.75) is 39.2 Å². The summed E-state index contributed by atoms with van der Waals surface area (Å²) in [5.74, 6) is -1.32. The Balaban J connectivity index is 2.25. The van der Waals surface area contributed by atoms with Gasteiger partial charge in [-0.25, -0.2) is 12.8 Å². The molecule has 0 aromatic heterocycles. The van der Waals surface area contributed by atoms with Crippen LogP contribution in [0.1, 0.15) is 32.3 Å². The fraction of sp³-hybridized carbons (Fsp3) is 0.417. The van der Waals surface area contributed by atoms with Crippen LogP contribution in [0.3, 0.4) is 0 Å². The lowest BCUT2D eigenvalue weighted by molar-refractivity contribution is -0.138. The number of carbonyl (C=O) groups excluding carboxylic acids is 2. The van der Waals surface area contributed by atoms with Gasteiger partial charge in [-0.2, -0.15) is 0 Å². The van der Waals surface area contributed by atoms with Crippen LogP contribution < -0.4 is 9.62 Å². The molecule has 2 aromatic rings. The predicted molar refractivity (Wildman–Crippen MR) is 128 cm³/mol. The molecule has 2 aromatic carbocycles. The number of rotatable bonds is 12. The van der Waals surface area contributed by atoms with E-state index in [0.29, 0.717) is 13.0 Å². The maximum Gasteiger partial charge on any atom is 0.244 e. The number of amides is 2. The number of nitrogens with zero attached hydrogens (tertiary/aromatic N) is 2. The van der Waals surface area contributed by atoms with E-state index in [1.54, 1.807) is 6.92 Å². The molecule has 2 rings (SSSR count). The standard InChI is InChI=1S/C24H32FN3O4S/c1-4-5-16-26-24(30)19(2)27(17-15-20-9-7-6-8-10-20)23(29)18-28(33(3,31)32)22-13-11-21(25)12-14-22/h6-14,19H,4-5,15-18H2,1-3H3,(H,26,30). The lowest BCUT2D eigenvalue weighted by Gasteiger charge is -2.31. The quantitative estimate of drug-likeness (QED) is 0.476. The lowest BCUT2D eigenvalue weighted by atomic mass is 10.1. The molecule has 1 unspecified atom stereocenters. The summed E-state index contributed by atoms with van der Waals surface area (Å²) in [6.45, 7) is 3.90. The van der Waals surface area contributed by atoms with Crippen molar-refractivity contribution >= 4 is 27.5 Å². The molecule has 0 spiro atoms. The molecule has 1 N–H and O–H groups in total. The summed E-state index contributed by atoms with van der Waals surface area (Å²) in [6.07, 6.45) is 3.24. The highest BCUT2D eigenvalue weighted by Crippen LogP contribution is 2.19. The van der Waals surface area contributed by atoms with E-state index in [0.717, 1.165) is 41.1 Å². The second-order valence-corrected chi connectivity index (χ2v) is 9.80. The molecule has 0 saturated heterocycles. The summed E-state index contributed by atoms with van der Waals surface area (Å²) >= 11 is 0. The highest BCUT2D eigenvalue weighted by atomic mass is 32.2. The molecule has 9 heteroatoms. The Kier molecular flexibility index (Phi) is 9.84. The Labute approximate surface area is 195 Å². The van der Waals surface area contributed by atoms with Gasteiger partial charge in [-0.05, 0) is 49.6 Å². The molecule has 33 heavy (non-hydrogen) atoms. The van der Waals surface area contributed by atoms with E-state index in [9.17, 15) is 22.4 Å². The fourth-order valence-corrected chi connectivity index (χ4v) is 4.18. The first-order valence-corrected chi connectivity index (χ1v) is 12.8. The molecule has 180 valence electrons. The lowest BCUT2D eigenvalue weighted by Crippen LogP contribution is -2.52. The molecule has 0 aliphatic heterocycles. The number of sulfonamides is 1. The summed E-state index contributed by atoms with van der Waals surface area (Å²) in [7, 11) is -3.83. The number of unbranched alkanes of at least 4 members (excludes halogenated alkanes) is 1. The van der Waals surface area contributed by atoms with Gasteiger partial charge in [0, 0.05) is 13.1 Å². The fourth-order valence-electron chi connectivity index (χ4n) is 3.33.